The average Bonchev–Trinajstić information content (AvgIpc) is 2.39. The maximum absolute atomic E-state index is 5.54. The Kier molecular flexibility index (Phi) is 16.8. The van der Waals surface area contributed by atoms with Gasteiger partial charge in [-0.3, -0.25) is 0 Å². The summed E-state index contributed by atoms with van der Waals surface area (Å²) in [7, 11) is 0. The first-order valence-corrected chi connectivity index (χ1v) is 7.65. The molecule has 0 amide bonds. The Bertz CT molecular complexity index is 124. The third kappa shape index (κ3) is 15.9. The van der Waals surface area contributed by atoms with E-state index in [2.05, 4.69) is 13.8 Å². The summed E-state index contributed by atoms with van der Waals surface area (Å²) in [5.74, 6) is 0. The van der Waals surface area contributed by atoms with Crippen molar-refractivity contribution in [3.63, 3.8) is 0 Å². The smallest absolute Gasteiger partial charge is 0.0488 e. The van der Waals surface area contributed by atoms with Crippen molar-refractivity contribution < 1.29 is 14.2 Å². The molecule has 0 saturated carbocycles. The van der Waals surface area contributed by atoms with Crippen molar-refractivity contribution in [1.82, 2.24) is 0 Å². The number of hydrogen-bond acceptors (Lipinski definition) is 3. The molecule has 0 aliphatic rings. The fourth-order valence-electron chi connectivity index (χ4n) is 1.61. The predicted molar refractivity (Wildman–Crippen MR) is 76.1 cm³/mol. The van der Waals surface area contributed by atoms with E-state index in [1.54, 1.807) is 0 Å². The van der Waals surface area contributed by atoms with Crippen LogP contribution in [0.5, 0.6) is 0 Å². The van der Waals surface area contributed by atoms with Crippen LogP contribution in [0, 0.1) is 0 Å². The van der Waals surface area contributed by atoms with E-state index in [9.17, 15) is 0 Å². The van der Waals surface area contributed by atoms with E-state index >= 15 is 0 Å². The van der Waals surface area contributed by atoms with Crippen LogP contribution >= 0.6 is 0 Å². The van der Waals surface area contributed by atoms with Gasteiger partial charge in [0.25, 0.3) is 0 Å². The van der Waals surface area contributed by atoms with Crippen molar-refractivity contribution >= 4 is 0 Å². The molecule has 0 bridgehead atoms. The molecule has 0 aromatic heterocycles. The lowest BCUT2D eigenvalue weighted by molar-refractivity contribution is 0.0627. The summed E-state index contributed by atoms with van der Waals surface area (Å²) >= 11 is 0. The second-order valence-electron chi connectivity index (χ2n) is 4.60. The first-order valence-electron chi connectivity index (χ1n) is 7.65. The Balaban J connectivity index is 2.86. The normalized spacial score (nSPS) is 11.0. The molecule has 0 aromatic carbocycles. The van der Waals surface area contributed by atoms with Crippen molar-refractivity contribution in [2.45, 2.75) is 58.8 Å². The molecule has 0 fully saturated rings. The topological polar surface area (TPSA) is 27.7 Å². The monoisotopic (exact) mass is 260 g/mol. The van der Waals surface area contributed by atoms with E-state index in [0.717, 1.165) is 58.9 Å². The summed E-state index contributed by atoms with van der Waals surface area (Å²) in [6.07, 6.45) is 8.20. The lowest BCUT2D eigenvalue weighted by Crippen LogP contribution is -2.05. The molecule has 110 valence electrons. The number of unbranched alkanes of at least 4 members (excludes halogenated alkanes) is 3. The Labute approximate surface area is 113 Å². The fraction of sp³-hybridized carbons (Fsp3) is 1.00. The van der Waals surface area contributed by atoms with Gasteiger partial charge in [0, 0.05) is 39.6 Å². The second-order valence-corrected chi connectivity index (χ2v) is 4.60. The summed E-state index contributed by atoms with van der Waals surface area (Å²) in [6.45, 7) is 9.39. The van der Waals surface area contributed by atoms with E-state index in [0.29, 0.717) is 0 Å². The summed E-state index contributed by atoms with van der Waals surface area (Å²) < 4.78 is 16.4. The van der Waals surface area contributed by atoms with Crippen LogP contribution < -0.4 is 0 Å². The highest BCUT2D eigenvalue weighted by atomic mass is 16.5. The van der Waals surface area contributed by atoms with E-state index in [4.69, 9.17) is 14.2 Å². The first kappa shape index (κ1) is 17.9. The number of hydrogen-bond donors (Lipinski definition) is 0. The zero-order valence-electron chi connectivity index (χ0n) is 12.4. The van der Waals surface area contributed by atoms with Crippen LogP contribution in [0.4, 0.5) is 0 Å². The number of rotatable bonds is 15. The molecule has 3 nitrogen and oxygen atoms in total. The molecule has 0 rings (SSSR count). The summed E-state index contributed by atoms with van der Waals surface area (Å²) in [4.78, 5) is 0. The van der Waals surface area contributed by atoms with E-state index in [1.165, 1.54) is 25.7 Å². The minimum atomic E-state index is 0.806. The van der Waals surface area contributed by atoms with Gasteiger partial charge in [-0.2, -0.15) is 0 Å². The van der Waals surface area contributed by atoms with Crippen LogP contribution in [-0.4, -0.2) is 39.6 Å². The molecule has 0 aliphatic carbocycles. The molecule has 0 N–H and O–H groups in total. The van der Waals surface area contributed by atoms with Gasteiger partial charge < -0.3 is 14.2 Å². The van der Waals surface area contributed by atoms with Crippen molar-refractivity contribution in [2.24, 2.45) is 0 Å². The maximum atomic E-state index is 5.54. The van der Waals surface area contributed by atoms with Gasteiger partial charge >= 0.3 is 0 Å². The Morgan fingerprint density at radius 3 is 1.44 bits per heavy atom. The van der Waals surface area contributed by atoms with Gasteiger partial charge in [-0.1, -0.05) is 33.1 Å². The lowest BCUT2D eigenvalue weighted by Gasteiger charge is -2.06. The van der Waals surface area contributed by atoms with Crippen LogP contribution in [0.1, 0.15) is 58.8 Å². The molecule has 18 heavy (non-hydrogen) atoms. The molecule has 0 saturated heterocycles. The van der Waals surface area contributed by atoms with E-state index in [-0.39, 0.29) is 0 Å². The first-order chi connectivity index (χ1) is 8.91. The maximum Gasteiger partial charge on any atom is 0.0488 e. The Morgan fingerprint density at radius 2 is 0.944 bits per heavy atom. The molecule has 0 aliphatic heterocycles. The molecule has 0 radical (unpaired) electrons. The molecular formula is C15H32O3. The van der Waals surface area contributed by atoms with E-state index in [1.807, 2.05) is 0 Å². The second kappa shape index (κ2) is 16.9. The molecule has 0 atom stereocenters. The molecule has 0 heterocycles. The summed E-state index contributed by atoms with van der Waals surface area (Å²) in [5.41, 5.74) is 0. The van der Waals surface area contributed by atoms with Crippen LogP contribution in [0.25, 0.3) is 0 Å². The van der Waals surface area contributed by atoms with Gasteiger partial charge in [-0.15, -0.1) is 0 Å². The third-order valence-corrected chi connectivity index (χ3v) is 2.65. The van der Waals surface area contributed by atoms with Crippen molar-refractivity contribution in [1.29, 1.82) is 0 Å². The highest BCUT2D eigenvalue weighted by molar-refractivity contribution is 4.41. The Morgan fingerprint density at radius 1 is 0.444 bits per heavy atom. The van der Waals surface area contributed by atoms with Gasteiger partial charge in [-0.05, 0) is 25.7 Å². The minimum absolute atomic E-state index is 0.806. The molecular weight excluding hydrogens is 228 g/mol. The SMILES string of the molecule is CCCCCCOCCCOCCCOCCC. The standard InChI is InChI=1S/C15H32O3/c1-3-5-6-7-11-17-13-9-15-18-14-8-12-16-10-4-2/h3-15H2,1-2H3. The molecule has 3 heteroatoms. The summed E-state index contributed by atoms with van der Waals surface area (Å²) in [6, 6.07) is 0. The van der Waals surface area contributed by atoms with Crippen LogP contribution in [0.3, 0.4) is 0 Å². The van der Waals surface area contributed by atoms with Gasteiger partial charge in [0.15, 0.2) is 0 Å². The van der Waals surface area contributed by atoms with Crippen LogP contribution in [0.2, 0.25) is 0 Å². The number of ether oxygens (including phenoxy) is 3. The van der Waals surface area contributed by atoms with E-state index < -0.39 is 0 Å². The molecule has 0 aromatic rings. The van der Waals surface area contributed by atoms with Crippen molar-refractivity contribution in [2.75, 3.05) is 39.6 Å². The third-order valence-electron chi connectivity index (χ3n) is 2.65. The highest BCUT2D eigenvalue weighted by Crippen LogP contribution is 1.99. The fourth-order valence-corrected chi connectivity index (χ4v) is 1.61. The average molecular weight is 260 g/mol. The largest absolute Gasteiger partial charge is 0.381 e. The predicted octanol–water partition coefficient (Wildman–Crippen LogP) is 3.81. The van der Waals surface area contributed by atoms with Gasteiger partial charge in [0.2, 0.25) is 0 Å². The minimum Gasteiger partial charge on any atom is -0.381 e. The van der Waals surface area contributed by atoms with Crippen molar-refractivity contribution in [3.05, 3.63) is 0 Å². The summed E-state index contributed by atoms with van der Waals surface area (Å²) in [5, 5.41) is 0. The Hall–Kier alpha value is -0.120. The highest BCUT2D eigenvalue weighted by Gasteiger charge is 1.92. The molecule has 0 unspecified atom stereocenters. The van der Waals surface area contributed by atoms with Gasteiger partial charge in [0.05, 0.1) is 0 Å². The zero-order chi connectivity index (χ0) is 13.3. The lowest BCUT2D eigenvalue weighted by atomic mass is 10.2. The van der Waals surface area contributed by atoms with Gasteiger partial charge in [0.1, 0.15) is 0 Å². The van der Waals surface area contributed by atoms with Crippen molar-refractivity contribution in [3.8, 4) is 0 Å². The molecule has 0 spiro atoms. The van der Waals surface area contributed by atoms with Gasteiger partial charge in [-0.25, -0.2) is 0 Å². The van der Waals surface area contributed by atoms with Crippen LogP contribution in [-0.2, 0) is 14.2 Å². The quantitative estimate of drug-likeness (QED) is 0.419. The van der Waals surface area contributed by atoms with Crippen LogP contribution in [0.15, 0.2) is 0 Å². The zero-order valence-corrected chi connectivity index (χ0v) is 12.4.